The molecule has 1 aromatic carbocycles. The van der Waals surface area contributed by atoms with Crippen molar-refractivity contribution >= 4 is 21.8 Å². The van der Waals surface area contributed by atoms with E-state index in [1.54, 1.807) is 23.3 Å². The maximum atomic E-state index is 12.1. The minimum Gasteiger partial charge on any atom is -0.352 e. The number of pyridine rings is 1. The van der Waals surface area contributed by atoms with E-state index in [9.17, 15) is 4.79 Å². The molecule has 0 fully saturated rings. The van der Waals surface area contributed by atoms with Gasteiger partial charge in [-0.1, -0.05) is 28.1 Å². The van der Waals surface area contributed by atoms with E-state index in [-0.39, 0.29) is 5.91 Å². The molecule has 1 amide bonds. The lowest BCUT2D eigenvalue weighted by Crippen LogP contribution is -2.23. The third kappa shape index (κ3) is 4.76. The van der Waals surface area contributed by atoms with Crippen molar-refractivity contribution in [1.82, 2.24) is 20.1 Å². The minimum atomic E-state index is 0.0360. The number of hydrogen-bond donors (Lipinski definition) is 1. The summed E-state index contributed by atoms with van der Waals surface area (Å²) in [5.74, 6) is 0.0360. The summed E-state index contributed by atoms with van der Waals surface area (Å²) >= 11 is 3.41. The molecule has 0 aliphatic rings. The van der Waals surface area contributed by atoms with Gasteiger partial charge < -0.3 is 5.32 Å². The molecule has 128 valence electrons. The van der Waals surface area contributed by atoms with Crippen molar-refractivity contribution in [2.45, 2.75) is 19.4 Å². The highest BCUT2D eigenvalue weighted by atomic mass is 79.9. The molecule has 25 heavy (non-hydrogen) atoms. The molecule has 2 aromatic heterocycles. The van der Waals surface area contributed by atoms with Crippen molar-refractivity contribution in [2.24, 2.45) is 7.05 Å². The molecule has 0 spiro atoms. The van der Waals surface area contributed by atoms with E-state index >= 15 is 0 Å². The van der Waals surface area contributed by atoms with Crippen molar-refractivity contribution in [3.8, 4) is 11.3 Å². The van der Waals surface area contributed by atoms with Gasteiger partial charge in [-0.15, -0.1) is 0 Å². The Hall–Kier alpha value is -2.47. The summed E-state index contributed by atoms with van der Waals surface area (Å²) in [6.07, 6.45) is 6.53. The molecule has 3 aromatic rings. The quantitative estimate of drug-likeness (QED) is 0.690. The summed E-state index contributed by atoms with van der Waals surface area (Å²) in [5.41, 5.74) is 4.10. The number of carbonyl (C=O) groups is 1. The predicted octanol–water partition coefficient (Wildman–Crippen LogP) is 3.49. The summed E-state index contributed by atoms with van der Waals surface area (Å²) in [6, 6.07) is 12.0. The summed E-state index contributed by atoms with van der Waals surface area (Å²) in [6.45, 7) is 0.470. The molecular weight excluding hydrogens is 380 g/mol. The van der Waals surface area contributed by atoms with E-state index in [4.69, 9.17) is 0 Å². The number of benzene rings is 1. The Morgan fingerprint density at radius 3 is 2.68 bits per heavy atom. The fourth-order valence-electron chi connectivity index (χ4n) is 2.58. The molecule has 0 radical (unpaired) electrons. The van der Waals surface area contributed by atoms with E-state index in [1.165, 1.54) is 0 Å². The second kappa shape index (κ2) is 8.07. The van der Waals surface area contributed by atoms with E-state index in [1.807, 2.05) is 43.4 Å². The largest absolute Gasteiger partial charge is 0.352 e. The van der Waals surface area contributed by atoms with Gasteiger partial charge in [-0.25, -0.2) is 0 Å². The lowest BCUT2D eigenvalue weighted by molar-refractivity contribution is -0.121. The highest BCUT2D eigenvalue weighted by molar-refractivity contribution is 9.10. The van der Waals surface area contributed by atoms with Crippen LogP contribution in [0.5, 0.6) is 0 Å². The number of nitrogens with zero attached hydrogens (tertiary/aromatic N) is 3. The van der Waals surface area contributed by atoms with Crippen LogP contribution >= 0.6 is 15.9 Å². The van der Waals surface area contributed by atoms with Crippen LogP contribution in [0.1, 0.15) is 17.5 Å². The first-order valence-corrected chi connectivity index (χ1v) is 8.84. The van der Waals surface area contributed by atoms with Gasteiger partial charge in [-0.3, -0.25) is 14.5 Å². The van der Waals surface area contributed by atoms with Crippen LogP contribution in [0, 0.1) is 0 Å². The van der Waals surface area contributed by atoms with Crippen LogP contribution in [0.25, 0.3) is 11.3 Å². The normalized spacial score (nSPS) is 10.6. The van der Waals surface area contributed by atoms with Gasteiger partial charge in [0.15, 0.2) is 0 Å². The molecular formula is C19H19BrN4O. The average molecular weight is 399 g/mol. The second-order valence-electron chi connectivity index (χ2n) is 5.83. The molecule has 0 bridgehead atoms. The molecule has 2 heterocycles. The van der Waals surface area contributed by atoms with Crippen LogP contribution < -0.4 is 5.32 Å². The highest BCUT2D eigenvalue weighted by Crippen LogP contribution is 2.18. The van der Waals surface area contributed by atoms with E-state index in [0.29, 0.717) is 13.0 Å². The van der Waals surface area contributed by atoms with Gasteiger partial charge in [0, 0.05) is 48.6 Å². The van der Waals surface area contributed by atoms with Gasteiger partial charge in [0.1, 0.15) is 0 Å². The molecule has 5 nitrogen and oxygen atoms in total. The van der Waals surface area contributed by atoms with Crippen LogP contribution in [-0.2, 0) is 24.8 Å². The maximum absolute atomic E-state index is 12.1. The lowest BCUT2D eigenvalue weighted by atomic mass is 10.1. The smallest absolute Gasteiger partial charge is 0.220 e. The summed E-state index contributed by atoms with van der Waals surface area (Å²) in [4.78, 5) is 16.3. The Morgan fingerprint density at radius 2 is 1.96 bits per heavy atom. The van der Waals surface area contributed by atoms with Gasteiger partial charge in [0.05, 0.1) is 5.69 Å². The number of halogens is 1. The van der Waals surface area contributed by atoms with Gasteiger partial charge >= 0.3 is 0 Å². The van der Waals surface area contributed by atoms with Crippen LogP contribution in [0.2, 0.25) is 0 Å². The zero-order valence-electron chi connectivity index (χ0n) is 13.9. The van der Waals surface area contributed by atoms with Crippen molar-refractivity contribution in [1.29, 1.82) is 0 Å². The number of rotatable bonds is 6. The van der Waals surface area contributed by atoms with Gasteiger partial charge in [0.2, 0.25) is 5.91 Å². The lowest BCUT2D eigenvalue weighted by Gasteiger charge is -2.07. The number of hydrogen-bond acceptors (Lipinski definition) is 3. The van der Waals surface area contributed by atoms with Crippen molar-refractivity contribution in [2.75, 3.05) is 0 Å². The van der Waals surface area contributed by atoms with Crippen molar-refractivity contribution in [3.63, 3.8) is 0 Å². The third-order valence-electron chi connectivity index (χ3n) is 3.96. The fourth-order valence-corrected chi connectivity index (χ4v) is 2.84. The number of aryl methyl sites for hydroxylation is 2. The first-order chi connectivity index (χ1) is 12.1. The van der Waals surface area contributed by atoms with Crippen LogP contribution in [0.15, 0.2) is 59.5 Å². The zero-order valence-corrected chi connectivity index (χ0v) is 15.5. The molecule has 3 rings (SSSR count). The van der Waals surface area contributed by atoms with E-state index in [2.05, 4.69) is 31.3 Å². The van der Waals surface area contributed by atoms with Crippen LogP contribution in [0.3, 0.4) is 0 Å². The predicted molar refractivity (Wildman–Crippen MR) is 101 cm³/mol. The highest BCUT2D eigenvalue weighted by Gasteiger charge is 2.06. The van der Waals surface area contributed by atoms with Gasteiger partial charge in [0.25, 0.3) is 0 Å². The Morgan fingerprint density at radius 1 is 1.16 bits per heavy atom. The van der Waals surface area contributed by atoms with E-state index < -0.39 is 0 Å². The Labute approximate surface area is 155 Å². The molecule has 0 saturated carbocycles. The monoisotopic (exact) mass is 398 g/mol. The van der Waals surface area contributed by atoms with Crippen molar-refractivity contribution < 1.29 is 4.79 Å². The fraction of sp³-hybridized carbons (Fsp3) is 0.211. The summed E-state index contributed by atoms with van der Waals surface area (Å²) in [5, 5.41) is 7.13. The number of aromatic nitrogens is 3. The Bertz CT molecular complexity index is 858. The van der Waals surface area contributed by atoms with E-state index in [0.717, 1.165) is 33.3 Å². The molecule has 0 atom stereocenters. The molecule has 0 aliphatic carbocycles. The first kappa shape index (κ1) is 17.4. The summed E-state index contributed by atoms with van der Waals surface area (Å²) in [7, 11) is 1.89. The standard InChI is InChI=1S/C19H19BrN4O/c1-24-18(8-9-23-24)16-10-15(11-21-13-16)12-22-19(25)7-4-14-2-5-17(20)6-3-14/h2-3,5-6,8-11,13H,4,7,12H2,1H3,(H,22,25). The molecule has 0 unspecified atom stereocenters. The van der Waals surface area contributed by atoms with Crippen LogP contribution in [-0.4, -0.2) is 20.7 Å². The molecule has 0 saturated heterocycles. The van der Waals surface area contributed by atoms with Crippen LogP contribution in [0.4, 0.5) is 0 Å². The molecule has 6 heteroatoms. The first-order valence-electron chi connectivity index (χ1n) is 8.05. The van der Waals surface area contributed by atoms with Crippen molar-refractivity contribution in [3.05, 3.63) is 70.6 Å². The maximum Gasteiger partial charge on any atom is 0.220 e. The topological polar surface area (TPSA) is 59.8 Å². The Kier molecular flexibility index (Phi) is 5.60. The summed E-state index contributed by atoms with van der Waals surface area (Å²) < 4.78 is 2.85. The Balaban J connectivity index is 1.54. The van der Waals surface area contributed by atoms with Gasteiger partial charge in [-0.05, 0) is 41.8 Å². The third-order valence-corrected chi connectivity index (χ3v) is 4.48. The second-order valence-corrected chi connectivity index (χ2v) is 6.74. The number of carbonyl (C=O) groups excluding carboxylic acids is 1. The zero-order chi connectivity index (χ0) is 17.6. The molecule has 1 N–H and O–H groups in total. The number of nitrogens with one attached hydrogen (secondary N) is 1. The molecule has 0 aliphatic heterocycles. The number of amides is 1. The minimum absolute atomic E-state index is 0.0360. The SMILES string of the molecule is Cn1nccc1-c1cncc(CNC(=O)CCc2ccc(Br)cc2)c1. The van der Waals surface area contributed by atoms with Gasteiger partial charge in [-0.2, -0.15) is 5.10 Å². The average Bonchev–Trinajstić information content (AvgIpc) is 3.06.